The first kappa shape index (κ1) is 20.6. The normalized spacial score (nSPS) is 25.6. The molecule has 5 nitrogen and oxygen atoms in total. The number of carbonyl (C=O) groups excluding carboxylic acids is 1. The molecule has 0 bridgehead atoms. The lowest BCUT2D eigenvalue weighted by Gasteiger charge is -2.34. The van der Waals surface area contributed by atoms with E-state index in [9.17, 15) is 9.35 Å². The average molecular weight is 347 g/mol. The average Bonchev–Trinajstić information content (AvgIpc) is 2.35. The van der Waals surface area contributed by atoms with Gasteiger partial charge in [-0.1, -0.05) is 0 Å². The highest BCUT2D eigenvalue weighted by Crippen LogP contribution is 2.28. The molecule has 2 atom stereocenters. The fraction of sp³-hybridized carbons (Fsp3) is 0.941. The summed E-state index contributed by atoms with van der Waals surface area (Å²) in [5.74, 6) is 0.498. The molecule has 1 rings (SSSR count). The van der Waals surface area contributed by atoms with Gasteiger partial charge in [-0.25, -0.2) is 4.79 Å². The van der Waals surface area contributed by atoms with E-state index >= 15 is 0 Å². The molecule has 1 amide bonds. The van der Waals surface area contributed by atoms with Crippen molar-refractivity contribution in [2.45, 2.75) is 96.6 Å². The zero-order valence-corrected chi connectivity index (χ0v) is 16.5. The van der Waals surface area contributed by atoms with Gasteiger partial charge in [-0.3, -0.25) is 0 Å². The third-order valence-electron chi connectivity index (χ3n) is 4.05. The topological polar surface area (TPSA) is 73.4 Å². The summed E-state index contributed by atoms with van der Waals surface area (Å²) < 4.78 is 20.5. The van der Waals surface area contributed by atoms with Gasteiger partial charge in [0.25, 0.3) is 0 Å². The van der Waals surface area contributed by atoms with Gasteiger partial charge in [-0.05, 0) is 80.1 Å². The molecule has 0 aliphatic heterocycles. The van der Waals surface area contributed by atoms with Crippen LogP contribution in [-0.4, -0.2) is 33.1 Å². The standard InChI is InChI=1S/C17H34N2O3S/c1-12(19-23(21)17(5,6)7)13-8-10-14(11-9-13)18-15(20)22-16(2,3)4/h12-14,19H,8-11H2,1-7H3,(H,18,20)/t12-,13?,14?,23?/m1/s1. The van der Waals surface area contributed by atoms with E-state index in [0.29, 0.717) is 5.92 Å². The van der Waals surface area contributed by atoms with Gasteiger partial charge in [0.1, 0.15) is 10.3 Å². The highest BCUT2D eigenvalue weighted by molar-refractivity contribution is 7.90. The van der Waals surface area contributed by atoms with E-state index in [0.717, 1.165) is 25.7 Å². The minimum absolute atomic E-state index is 0.182. The number of ether oxygens (including phenoxy) is 1. The molecule has 0 aromatic carbocycles. The summed E-state index contributed by atoms with van der Waals surface area (Å²) in [5, 5.41) is 2.96. The molecular weight excluding hydrogens is 312 g/mol. The number of alkyl carbamates (subject to hydrolysis) is 1. The summed E-state index contributed by atoms with van der Waals surface area (Å²) >= 11 is -1.04. The second-order valence-corrected chi connectivity index (χ2v) is 10.5. The van der Waals surface area contributed by atoms with Crippen molar-refractivity contribution >= 4 is 17.5 Å². The second-order valence-electron chi connectivity index (χ2n) is 8.55. The summed E-state index contributed by atoms with van der Waals surface area (Å²) in [4.78, 5) is 11.8. The molecule has 0 saturated heterocycles. The first-order chi connectivity index (χ1) is 10.4. The second kappa shape index (κ2) is 8.08. The molecule has 0 radical (unpaired) electrons. The largest absolute Gasteiger partial charge is 0.598 e. The lowest BCUT2D eigenvalue weighted by atomic mass is 9.82. The molecular formula is C17H34N2O3S. The summed E-state index contributed by atoms with van der Waals surface area (Å²) in [6.07, 6.45) is 3.60. The van der Waals surface area contributed by atoms with Crippen molar-refractivity contribution in [3.8, 4) is 0 Å². The van der Waals surface area contributed by atoms with Crippen LogP contribution in [0.25, 0.3) is 0 Å². The molecule has 136 valence electrons. The van der Waals surface area contributed by atoms with Crippen LogP contribution in [0.1, 0.15) is 74.1 Å². The highest BCUT2D eigenvalue weighted by Gasteiger charge is 2.33. The Morgan fingerprint density at radius 2 is 1.65 bits per heavy atom. The van der Waals surface area contributed by atoms with Crippen LogP contribution in [0.15, 0.2) is 0 Å². The molecule has 1 aliphatic rings. The van der Waals surface area contributed by atoms with Gasteiger partial charge in [-0.2, -0.15) is 0 Å². The van der Waals surface area contributed by atoms with E-state index in [4.69, 9.17) is 4.74 Å². The Kier molecular flexibility index (Phi) is 7.23. The molecule has 1 saturated carbocycles. The van der Waals surface area contributed by atoms with Gasteiger partial charge < -0.3 is 14.6 Å². The number of rotatable bonds is 4. The van der Waals surface area contributed by atoms with Crippen LogP contribution in [0.2, 0.25) is 0 Å². The van der Waals surface area contributed by atoms with Crippen molar-refractivity contribution < 1.29 is 14.1 Å². The highest BCUT2D eigenvalue weighted by atomic mass is 32.2. The van der Waals surface area contributed by atoms with Crippen LogP contribution in [0.4, 0.5) is 4.79 Å². The molecule has 2 N–H and O–H groups in total. The number of nitrogens with one attached hydrogen (secondary N) is 2. The summed E-state index contributed by atoms with van der Waals surface area (Å²) in [6, 6.07) is 0.402. The van der Waals surface area contributed by atoms with E-state index < -0.39 is 17.0 Å². The number of amides is 1. The zero-order valence-electron chi connectivity index (χ0n) is 15.7. The van der Waals surface area contributed by atoms with Crippen molar-refractivity contribution in [1.29, 1.82) is 0 Å². The van der Waals surface area contributed by atoms with Crippen molar-refractivity contribution in [3.05, 3.63) is 0 Å². The van der Waals surface area contributed by atoms with Crippen LogP contribution >= 0.6 is 0 Å². The Morgan fingerprint density at radius 3 is 2.09 bits per heavy atom. The molecule has 0 spiro atoms. The lowest BCUT2D eigenvalue weighted by Crippen LogP contribution is -2.48. The molecule has 0 heterocycles. The Bertz CT molecular complexity index is 382. The SMILES string of the molecule is C[C@@H](N[S+]([O-])C(C)(C)C)C1CCC(NC(=O)OC(C)(C)C)CC1. The number of hydrogen-bond donors (Lipinski definition) is 2. The fourth-order valence-electron chi connectivity index (χ4n) is 2.68. The maximum Gasteiger partial charge on any atom is 0.407 e. The minimum atomic E-state index is -1.04. The molecule has 1 fully saturated rings. The Hall–Kier alpha value is -0.460. The Balaban J connectivity index is 2.36. The third kappa shape index (κ3) is 7.77. The third-order valence-corrected chi connectivity index (χ3v) is 5.75. The number of hydrogen-bond acceptors (Lipinski definition) is 4. The van der Waals surface area contributed by atoms with E-state index in [1.165, 1.54) is 0 Å². The quantitative estimate of drug-likeness (QED) is 0.764. The Labute approximate surface area is 144 Å². The summed E-state index contributed by atoms with van der Waals surface area (Å²) in [7, 11) is 0. The van der Waals surface area contributed by atoms with Crippen LogP contribution in [0, 0.1) is 5.92 Å². The predicted octanol–water partition coefficient (Wildman–Crippen LogP) is 3.51. The molecule has 23 heavy (non-hydrogen) atoms. The minimum Gasteiger partial charge on any atom is -0.598 e. The van der Waals surface area contributed by atoms with Crippen LogP contribution < -0.4 is 10.0 Å². The van der Waals surface area contributed by atoms with E-state index in [1.807, 2.05) is 41.5 Å². The monoisotopic (exact) mass is 346 g/mol. The smallest absolute Gasteiger partial charge is 0.407 e. The maximum atomic E-state index is 12.2. The van der Waals surface area contributed by atoms with E-state index in [1.54, 1.807) is 0 Å². The van der Waals surface area contributed by atoms with Crippen LogP contribution in [0.3, 0.4) is 0 Å². The predicted molar refractivity (Wildman–Crippen MR) is 95.6 cm³/mol. The van der Waals surface area contributed by atoms with Crippen molar-refractivity contribution in [3.63, 3.8) is 0 Å². The number of carbonyl (C=O) groups is 1. The summed E-state index contributed by atoms with van der Waals surface area (Å²) in [6.45, 7) is 13.6. The zero-order chi connectivity index (χ0) is 17.8. The van der Waals surface area contributed by atoms with Gasteiger partial charge in [0.15, 0.2) is 0 Å². The summed E-state index contributed by atoms with van der Waals surface area (Å²) in [5.41, 5.74) is -0.462. The van der Waals surface area contributed by atoms with Gasteiger partial charge in [-0.15, -0.1) is 4.72 Å². The first-order valence-electron chi connectivity index (χ1n) is 8.56. The molecule has 0 aromatic heterocycles. The lowest BCUT2D eigenvalue weighted by molar-refractivity contribution is 0.0485. The van der Waals surface area contributed by atoms with Crippen LogP contribution in [-0.2, 0) is 16.1 Å². The van der Waals surface area contributed by atoms with E-state index in [-0.39, 0.29) is 22.9 Å². The molecule has 1 unspecified atom stereocenters. The van der Waals surface area contributed by atoms with Crippen molar-refractivity contribution in [1.82, 2.24) is 10.0 Å². The van der Waals surface area contributed by atoms with Gasteiger partial charge >= 0.3 is 6.09 Å². The van der Waals surface area contributed by atoms with Crippen molar-refractivity contribution in [2.75, 3.05) is 0 Å². The van der Waals surface area contributed by atoms with Gasteiger partial charge in [0.2, 0.25) is 0 Å². The first-order valence-corrected chi connectivity index (χ1v) is 9.71. The maximum absolute atomic E-state index is 12.2. The van der Waals surface area contributed by atoms with Gasteiger partial charge in [0, 0.05) is 17.4 Å². The fourth-order valence-corrected chi connectivity index (χ4v) is 3.56. The molecule has 6 heteroatoms. The Morgan fingerprint density at radius 1 is 1.13 bits per heavy atom. The van der Waals surface area contributed by atoms with Crippen molar-refractivity contribution in [2.24, 2.45) is 5.92 Å². The van der Waals surface area contributed by atoms with E-state index in [2.05, 4.69) is 17.0 Å². The molecule has 0 aromatic rings. The van der Waals surface area contributed by atoms with Crippen LogP contribution in [0.5, 0.6) is 0 Å². The molecule has 1 aliphatic carbocycles. The van der Waals surface area contributed by atoms with Gasteiger partial charge in [0.05, 0.1) is 6.04 Å².